The average molecular weight is 255 g/mol. The molecule has 2 heterocycles. The number of piperidine rings is 1. The van der Waals surface area contributed by atoms with Crippen molar-refractivity contribution in [3.05, 3.63) is 17.4 Å². The van der Waals surface area contributed by atoms with Crippen molar-refractivity contribution >= 4 is 23.0 Å². The highest BCUT2D eigenvalue weighted by Crippen LogP contribution is 2.33. The number of hydrogen-bond donors (Lipinski definition) is 1. The molecule has 0 radical (unpaired) electrons. The largest absolute Gasteiger partial charge is 0.396 e. The maximum Gasteiger partial charge on any atom is 0.0843 e. The molecule has 0 bridgehead atoms. The van der Waals surface area contributed by atoms with Gasteiger partial charge in [0.2, 0.25) is 0 Å². The van der Waals surface area contributed by atoms with Gasteiger partial charge in [-0.2, -0.15) is 0 Å². The quantitative estimate of drug-likeness (QED) is 0.875. The molecule has 1 aliphatic rings. The van der Waals surface area contributed by atoms with E-state index >= 15 is 0 Å². The summed E-state index contributed by atoms with van der Waals surface area (Å²) in [4.78, 5) is 8.54. The van der Waals surface area contributed by atoms with E-state index in [-0.39, 0.29) is 0 Å². The number of hydrogen-bond acceptors (Lipinski definition) is 4. The highest BCUT2D eigenvalue weighted by molar-refractivity contribution is 6.33. The molecule has 1 aliphatic heterocycles. The van der Waals surface area contributed by atoms with E-state index in [0.717, 1.165) is 31.6 Å². The van der Waals surface area contributed by atoms with Gasteiger partial charge in [0.25, 0.3) is 0 Å². The third kappa shape index (κ3) is 2.64. The van der Waals surface area contributed by atoms with Crippen LogP contribution in [-0.4, -0.2) is 43.1 Å². The summed E-state index contributed by atoms with van der Waals surface area (Å²) in [7, 11) is 4.22. The predicted octanol–water partition coefficient (Wildman–Crippen LogP) is 1.85. The van der Waals surface area contributed by atoms with Gasteiger partial charge < -0.3 is 15.5 Å². The number of halogens is 1. The zero-order valence-corrected chi connectivity index (χ0v) is 11.1. The van der Waals surface area contributed by atoms with Gasteiger partial charge in [-0.3, -0.25) is 4.98 Å². The zero-order chi connectivity index (χ0) is 12.4. The van der Waals surface area contributed by atoms with Gasteiger partial charge in [-0.25, -0.2) is 0 Å². The Morgan fingerprint density at radius 3 is 2.65 bits per heavy atom. The monoisotopic (exact) mass is 254 g/mol. The van der Waals surface area contributed by atoms with Crippen LogP contribution in [0.25, 0.3) is 0 Å². The smallest absolute Gasteiger partial charge is 0.0843 e. The Kier molecular flexibility index (Phi) is 3.74. The predicted molar refractivity (Wildman–Crippen MR) is 72.6 cm³/mol. The molecular weight excluding hydrogens is 236 g/mol. The number of likely N-dealkylation sites (tertiary alicyclic amines) is 1. The molecule has 0 amide bonds. The Balaban J connectivity index is 2.16. The molecule has 1 saturated heterocycles. The van der Waals surface area contributed by atoms with Crippen molar-refractivity contribution in [3.63, 3.8) is 0 Å². The fraction of sp³-hybridized carbons (Fsp3) is 0.583. The lowest BCUT2D eigenvalue weighted by Gasteiger charge is -2.37. The number of rotatable bonds is 2. The molecule has 5 heteroatoms. The van der Waals surface area contributed by atoms with Crippen LogP contribution >= 0.6 is 11.6 Å². The summed E-state index contributed by atoms with van der Waals surface area (Å²) >= 11 is 6.18. The summed E-state index contributed by atoms with van der Waals surface area (Å²) in [5, 5.41) is 0.631. The first-order valence-corrected chi connectivity index (χ1v) is 6.27. The summed E-state index contributed by atoms with van der Waals surface area (Å²) in [6.07, 6.45) is 5.60. The fourth-order valence-corrected chi connectivity index (χ4v) is 2.68. The summed E-state index contributed by atoms with van der Waals surface area (Å²) in [6, 6.07) is 0.508. The van der Waals surface area contributed by atoms with E-state index in [1.807, 2.05) is 0 Å². The van der Waals surface area contributed by atoms with Crippen molar-refractivity contribution in [1.29, 1.82) is 0 Å². The third-order valence-electron chi connectivity index (χ3n) is 3.49. The van der Waals surface area contributed by atoms with Crippen molar-refractivity contribution in [2.75, 3.05) is 37.8 Å². The molecule has 1 fully saturated rings. The van der Waals surface area contributed by atoms with E-state index in [4.69, 9.17) is 17.3 Å². The van der Waals surface area contributed by atoms with E-state index in [0.29, 0.717) is 16.8 Å². The van der Waals surface area contributed by atoms with Gasteiger partial charge >= 0.3 is 0 Å². The lowest BCUT2D eigenvalue weighted by Crippen LogP contribution is -2.42. The SMILES string of the molecule is CN1CCC(N(C)c2c(N)cncc2Cl)CC1. The molecular formula is C12H19ClN4. The Morgan fingerprint density at radius 2 is 2.06 bits per heavy atom. The molecule has 0 unspecified atom stereocenters. The molecule has 0 saturated carbocycles. The summed E-state index contributed by atoms with van der Waals surface area (Å²) in [5.74, 6) is 0. The van der Waals surface area contributed by atoms with E-state index in [9.17, 15) is 0 Å². The third-order valence-corrected chi connectivity index (χ3v) is 3.77. The van der Waals surface area contributed by atoms with E-state index in [2.05, 4.69) is 28.9 Å². The van der Waals surface area contributed by atoms with Gasteiger partial charge in [0.1, 0.15) is 0 Å². The minimum atomic E-state index is 0.508. The van der Waals surface area contributed by atoms with Crippen molar-refractivity contribution in [3.8, 4) is 0 Å². The molecule has 4 nitrogen and oxygen atoms in total. The van der Waals surface area contributed by atoms with E-state index in [1.165, 1.54) is 0 Å². The van der Waals surface area contributed by atoms with E-state index < -0.39 is 0 Å². The Hall–Kier alpha value is -1.00. The lowest BCUT2D eigenvalue weighted by atomic mass is 10.0. The second-order valence-corrected chi connectivity index (χ2v) is 5.11. The minimum absolute atomic E-state index is 0.508. The fourth-order valence-electron chi connectivity index (χ4n) is 2.38. The molecule has 17 heavy (non-hydrogen) atoms. The maximum absolute atomic E-state index is 6.18. The van der Waals surface area contributed by atoms with Crippen LogP contribution in [0.4, 0.5) is 11.4 Å². The van der Waals surface area contributed by atoms with Gasteiger partial charge in [0.05, 0.1) is 22.6 Å². The highest BCUT2D eigenvalue weighted by atomic mass is 35.5. The second kappa shape index (κ2) is 5.10. The van der Waals surface area contributed by atoms with Crippen LogP contribution in [0.15, 0.2) is 12.4 Å². The van der Waals surface area contributed by atoms with Gasteiger partial charge in [-0.1, -0.05) is 11.6 Å². The van der Waals surface area contributed by atoms with Crippen LogP contribution < -0.4 is 10.6 Å². The summed E-state index contributed by atoms with van der Waals surface area (Å²) in [6.45, 7) is 2.25. The van der Waals surface area contributed by atoms with Crippen molar-refractivity contribution in [2.45, 2.75) is 18.9 Å². The van der Waals surface area contributed by atoms with Gasteiger partial charge in [-0.15, -0.1) is 0 Å². The first-order valence-electron chi connectivity index (χ1n) is 5.90. The molecule has 0 aliphatic carbocycles. The zero-order valence-electron chi connectivity index (χ0n) is 10.4. The standard InChI is InChI=1S/C12H19ClN4/c1-16-5-3-9(4-6-16)17(2)12-10(13)7-15-8-11(12)14/h7-9H,3-6,14H2,1-2H3. The number of nitrogens with two attached hydrogens (primary N) is 1. The number of anilines is 2. The molecule has 2 N–H and O–H groups in total. The van der Waals surface area contributed by atoms with E-state index in [1.54, 1.807) is 12.4 Å². The van der Waals surface area contributed by atoms with Gasteiger partial charge in [-0.05, 0) is 33.0 Å². The Labute approximate surface area is 107 Å². The summed E-state index contributed by atoms with van der Waals surface area (Å²) in [5.41, 5.74) is 7.52. The molecule has 0 spiro atoms. The lowest BCUT2D eigenvalue weighted by molar-refractivity contribution is 0.253. The molecule has 0 aromatic carbocycles. The molecule has 1 aromatic heterocycles. The number of nitrogens with zero attached hydrogens (tertiary/aromatic N) is 3. The Bertz CT molecular complexity index is 368. The van der Waals surface area contributed by atoms with Crippen molar-refractivity contribution in [1.82, 2.24) is 9.88 Å². The van der Waals surface area contributed by atoms with Crippen LogP contribution in [0.1, 0.15) is 12.8 Å². The first-order chi connectivity index (χ1) is 8.09. The van der Waals surface area contributed by atoms with Gasteiger partial charge in [0.15, 0.2) is 0 Å². The average Bonchev–Trinajstić information content (AvgIpc) is 2.29. The van der Waals surface area contributed by atoms with Crippen LogP contribution in [0, 0.1) is 0 Å². The van der Waals surface area contributed by atoms with Crippen LogP contribution in [0.3, 0.4) is 0 Å². The molecule has 0 atom stereocenters. The van der Waals surface area contributed by atoms with Crippen molar-refractivity contribution < 1.29 is 0 Å². The molecule has 2 rings (SSSR count). The summed E-state index contributed by atoms with van der Waals surface area (Å²) < 4.78 is 0. The molecule has 94 valence electrons. The Morgan fingerprint density at radius 1 is 1.41 bits per heavy atom. The minimum Gasteiger partial charge on any atom is -0.396 e. The normalized spacial score (nSPS) is 18.3. The first kappa shape index (κ1) is 12.5. The second-order valence-electron chi connectivity index (χ2n) is 4.70. The van der Waals surface area contributed by atoms with Crippen LogP contribution in [0.2, 0.25) is 5.02 Å². The highest BCUT2D eigenvalue weighted by Gasteiger charge is 2.23. The maximum atomic E-state index is 6.18. The molecule has 1 aromatic rings. The van der Waals surface area contributed by atoms with Crippen molar-refractivity contribution in [2.24, 2.45) is 0 Å². The van der Waals surface area contributed by atoms with Crippen LogP contribution in [-0.2, 0) is 0 Å². The number of pyridine rings is 1. The number of aromatic nitrogens is 1. The van der Waals surface area contributed by atoms with Crippen LogP contribution in [0.5, 0.6) is 0 Å². The topological polar surface area (TPSA) is 45.4 Å². The van der Waals surface area contributed by atoms with Gasteiger partial charge in [0, 0.05) is 19.3 Å². The number of nitrogen functional groups attached to an aromatic ring is 1.